The van der Waals surface area contributed by atoms with Gasteiger partial charge in [0.15, 0.2) is 0 Å². The van der Waals surface area contributed by atoms with E-state index in [-0.39, 0.29) is 5.56 Å². The lowest BCUT2D eigenvalue weighted by molar-refractivity contribution is 0.623. The normalized spacial score (nSPS) is 10.2. The second kappa shape index (κ2) is 6.40. The third kappa shape index (κ3) is 3.84. The average Bonchev–Trinajstić information content (AvgIpc) is 2.41. The molecule has 0 aliphatic heterocycles. The molecule has 0 N–H and O–H groups in total. The zero-order valence-corrected chi connectivity index (χ0v) is 11.5. The molecule has 1 nitrogen and oxygen atoms in total. The Kier molecular flexibility index (Phi) is 4.59. The highest BCUT2D eigenvalue weighted by molar-refractivity contribution is 7.97. The Morgan fingerprint density at radius 3 is 2.53 bits per heavy atom. The number of hydrogen-bond acceptors (Lipinski definition) is 2. The summed E-state index contributed by atoms with van der Waals surface area (Å²) in [5.74, 6) is 1.25. The topological polar surface area (TPSA) is 23.8 Å². The molecule has 0 spiro atoms. The van der Waals surface area contributed by atoms with Crippen molar-refractivity contribution in [1.82, 2.24) is 0 Å². The summed E-state index contributed by atoms with van der Waals surface area (Å²) in [5.41, 5.74) is 3.64. The first kappa shape index (κ1) is 13.6. The van der Waals surface area contributed by atoms with Gasteiger partial charge in [0.25, 0.3) is 0 Å². The molecule has 0 radical (unpaired) electrons. The molecule has 0 amide bonds. The van der Waals surface area contributed by atoms with Crippen molar-refractivity contribution in [3.8, 4) is 6.07 Å². The first-order valence-electron chi connectivity index (χ1n) is 6.01. The van der Waals surface area contributed by atoms with Crippen molar-refractivity contribution < 1.29 is 4.39 Å². The highest BCUT2D eigenvalue weighted by Crippen LogP contribution is 2.20. The third-order valence-electron chi connectivity index (χ3n) is 2.77. The number of thioether (sulfide) groups is 1. The zero-order chi connectivity index (χ0) is 13.7. The maximum atomic E-state index is 13.2. The number of nitriles is 1. The second-order valence-corrected chi connectivity index (χ2v) is 5.39. The quantitative estimate of drug-likeness (QED) is 0.821. The van der Waals surface area contributed by atoms with E-state index in [0.29, 0.717) is 0 Å². The van der Waals surface area contributed by atoms with E-state index >= 15 is 0 Å². The molecule has 0 bridgehead atoms. The Morgan fingerprint density at radius 2 is 1.84 bits per heavy atom. The summed E-state index contributed by atoms with van der Waals surface area (Å²) in [5, 5.41) is 8.78. The number of rotatable bonds is 4. The summed E-state index contributed by atoms with van der Waals surface area (Å²) in [6.45, 7) is 2.08. The van der Waals surface area contributed by atoms with Crippen LogP contribution in [0.1, 0.15) is 22.3 Å². The molecule has 0 unspecified atom stereocenters. The van der Waals surface area contributed by atoms with Gasteiger partial charge in [-0.3, -0.25) is 0 Å². The van der Waals surface area contributed by atoms with E-state index in [9.17, 15) is 4.39 Å². The van der Waals surface area contributed by atoms with Crippen LogP contribution < -0.4 is 0 Å². The highest BCUT2D eigenvalue weighted by atomic mass is 32.2. The van der Waals surface area contributed by atoms with Crippen LogP contribution in [-0.4, -0.2) is 0 Å². The number of halogens is 1. The summed E-state index contributed by atoms with van der Waals surface area (Å²) in [7, 11) is 0. The van der Waals surface area contributed by atoms with Crippen molar-refractivity contribution >= 4 is 11.8 Å². The van der Waals surface area contributed by atoms with Gasteiger partial charge in [-0.25, -0.2) is 4.39 Å². The Labute approximate surface area is 117 Å². The molecule has 3 heteroatoms. The van der Waals surface area contributed by atoms with E-state index < -0.39 is 5.82 Å². The maximum Gasteiger partial charge on any atom is 0.140 e. The molecular weight excluding hydrogens is 257 g/mol. The van der Waals surface area contributed by atoms with Crippen molar-refractivity contribution in [2.45, 2.75) is 18.4 Å². The monoisotopic (exact) mass is 271 g/mol. The lowest BCUT2D eigenvalue weighted by Crippen LogP contribution is -1.88. The minimum absolute atomic E-state index is 0.119. The fourth-order valence-electron chi connectivity index (χ4n) is 1.84. The van der Waals surface area contributed by atoms with E-state index in [4.69, 9.17) is 5.26 Å². The predicted octanol–water partition coefficient (Wildman–Crippen LogP) is 4.44. The van der Waals surface area contributed by atoms with Crippen molar-refractivity contribution in [1.29, 1.82) is 5.26 Å². The molecule has 0 atom stereocenters. The van der Waals surface area contributed by atoms with E-state index in [0.717, 1.165) is 17.1 Å². The fraction of sp³-hybridized carbons (Fsp3) is 0.188. The first-order chi connectivity index (χ1) is 9.19. The molecule has 2 rings (SSSR count). The van der Waals surface area contributed by atoms with Gasteiger partial charge in [-0.15, -0.1) is 0 Å². The Hall–Kier alpha value is -1.79. The summed E-state index contributed by atoms with van der Waals surface area (Å²) in [6, 6.07) is 15.0. The SMILES string of the molecule is Cc1cccc(CSCc2ccc(F)c(C#N)c2)c1. The molecule has 0 heterocycles. The van der Waals surface area contributed by atoms with Gasteiger partial charge in [-0.1, -0.05) is 35.9 Å². The number of nitrogens with zero attached hydrogens (tertiary/aromatic N) is 1. The van der Waals surface area contributed by atoms with E-state index in [2.05, 4.69) is 31.2 Å². The van der Waals surface area contributed by atoms with Crippen LogP contribution in [-0.2, 0) is 11.5 Å². The van der Waals surface area contributed by atoms with Crippen LogP contribution in [0.2, 0.25) is 0 Å². The van der Waals surface area contributed by atoms with Gasteiger partial charge in [-0.2, -0.15) is 17.0 Å². The third-order valence-corrected chi connectivity index (χ3v) is 3.85. The van der Waals surface area contributed by atoms with Gasteiger partial charge >= 0.3 is 0 Å². The second-order valence-electron chi connectivity index (χ2n) is 4.41. The minimum Gasteiger partial charge on any atom is -0.206 e. The number of benzene rings is 2. The fourth-order valence-corrected chi connectivity index (χ4v) is 2.77. The molecule has 2 aromatic carbocycles. The molecule has 0 saturated heterocycles. The summed E-state index contributed by atoms with van der Waals surface area (Å²) >= 11 is 1.76. The van der Waals surface area contributed by atoms with Crippen molar-refractivity contribution in [2.24, 2.45) is 0 Å². The molecule has 0 aromatic heterocycles. The van der Waals surface area contributed by atoms with E-state index in [1.165, 1.54) is 17.2 Å². The van der Waals surface area contributed by atoms with Crippen LogP contribution in [0.4, 0.5) is 4.39 Å². The van der Waals surface area contributed by atoms with Crippen LogP contribution in [0.5, 0.6) is 0 Å². The maximum absolute atomic E-state index is 13.2. The van der Waals surface area contributed by atoms with Gasteiger partial charge < -0.3 is 0 Å². The van der Waals surface area contributed by atoms with Gasteiger partial charge in [0, 0.05) is 11.5 Å². The van der Waals surface area contributed by atoms with Gasteiger partial charge in [-0.05, 0) is 30.2 Å². The summed E-state index contributed by atoms with van der Waals surface area (Å²) in [4.78, 5) is 0. The van der Waals surface area contributed by atoms with Crippen LogP contribution in [0, 0.1) is 24.1 Å². The predicted molar refractivity (Wildman–Crippen MR) is 77.3 cm³/mol. The van der Waals surface area contributed by atoms with Crippen molar-refractivity contribution in [3.63, 3.8) is 0 Å². The zero-order valence-electron chi connectivity index (χ0n) is 10.7. The van der Waals surface area contributed by atoms with Crippen molar-refractivity contribution in [2.75, 3.05) is 0 Å². The number of aryl methyl sites for hydroxylation is 1. The first-order valence-corrected chi connectivity index (χ1v) is 7.16. The molecule has 0 fully saturated rings. The summed E-state index contributed by atoms with van der Waals surface area (Å²) < 4.78 is 13.2. The molecular formula is C16H14FNS. The number of hydrogen-bond donors (Lipinski definition) is 0. The molecule has 0 aliphatic rings. The van der Waals surface area contributed by atoms with Crippen LogP contribution in [0.15, 0.2) is 42.5 Å². The smallest absolute Gasteiger partial charge is 0.140 e. The molecule has 0 aliphatic carbocycles. The minimum atomic E-state index is -0.449. The molecule has 0 saturated carbocycles. The lowest BCUT2D eigenvalue weighted by atomic mass is 10.1. The Bertz CT molecular complexity index is 616. The largest absolute Gasteiger partial charge is 0.206 e. The average molecular weight is 271 g/mol. The van der Waals surface area contributed by atoms with Gasteiger partial charge in [0.1, 0.15) is 11.9 Å². The standard InChI is InChI=1S/C16H14FNS/c1-12-3-2-4-13(7-12)10-19-11-14-5-6-16(17)15(8-14)9-18/h2-8H,10-11H2,1H3. The van der Waals surface area contributed by atoms with Crippen LogP contribution in [0.25, 0.3) is 0 Å². The van der Waals surface area contributed by atoms with Crippen molar-refractivity contribution in [3.05, 3.63) is 70.5 Å². The van der Waals surface area contributed by atoms with Gasteiger partial charge in [0.2, 0.25) is 0 Å². The van der Waals surface area contributed by atoms with E-state index in [1.807, 2.05) is 6.07 Å². The van der Waals surface area contributed by atoms with Gasteiger partial charge in [0.05, 0.1) is 5.56 Å². The summed E-state index contributed by atoms with van der Waals surface area (Å²) in [6.07, 6.45) is 0. The lowest BCUT2D eigenvalue weighted by Gasteiger charge is -2.04. The van der Waals surface area contributed by atoms with Crippen LogP contribution >= 0.6 is 11.8 Å². The molecule has 19 heavy (non-hydrogen) atoms. The Balaban J connectivity index is 1.95. The molecule has 96 valence electrons. The van der Waals surface area contributed by atoms with E-state index in [1.54, 1.807) is 23.9 Å². The highest BCUT2D eigenvalue weighted by Gasteiger charge is 2.03. The molecule has 2 aromatic rings. The Morgan fingerprint density at radius 1 is 1.11 bits per heavy atom. The van der Waals surface area contributed by atoms with Crippen LogP contribution in [0.3, 0.4) is 0 Å².